The van der Waals surface area contributed by atoms with Gasteiger partial charge in [-0.3, -0.25) is 0 Å². The van der Waals surface area contributed by atoms with Gasteiger partial charge in [-0.15, -0.1) is 0 Å². The highest BCUT2D eigenvalue weighted by atomic mass is 16.7. The lowest BCUT2D eigenvalue weighted by molar-refractivity contribution is 0.0299. The lowest BCUT2D eigenvalue weighted by Crippen LogP contribution is -2.28. The molecule has 1 aromatic carbocycles. The molecule has 0 amide bonds. The lowest BCUT2D eigenvalue weighted by Gasteiger charge is -2.20. The van der Waals surface area contributed by atoms with Crippen LogP contribution in [-0.2, 0) is 9.47 Å². The number of nitrogens with one attached hydrogen (secondary N) is 1. The zero-order valence-corrected chi connectivity index (χ0v) is 11.8. The Morgan fingerprint density at radius 2 is 2.25 bits per heavy atom. The van der Waals surface area contributed by atoms with E-state index >= 15 is 0 Å². The molecular weight excluding hydrogens is 258 g/mol. The first kappa shape index (κ1) is 13.7. The topological polar surface area (TPSA) is 49.0 Å². The molecule has 2 unspecified atom stereocenters. The monoisotopic (exact) mass is 279 g/mol. The minimum absolute atomic E-state index is 0.162. The Morgan fingerprint density at radius 3 is 3.05 bits per heavy atom. The highest BCUT2D eigenvalue weighted by molar-refractivity contribution is 5.45. The van der Waals surface area contributed by atoms with Gasteiger partial charge in [-0.25, -0.2) is 0 Å². The summed E-state index contributed by atoms with van der Waals surface area (Å²) in [4.78, 5) is 0. The van der Waals surface area contributed by atoms with Crippen molar-refractivity contribution in [2.45, 2.75) is 25.5 Å². The minimum atomic E-state index is 0.162. The number of hydrogen-bond donors (Lipinski definition) is 1. The van der Waals surface area contributed by atoms with Crippen LogP contribution < -0.4 is 14.8 Å². The van der Waals surface area contributed by atoms with E-state index in [9.17, 15) is 0 Å². The van der Waals surface area contributed by atoms with E-state index in [-0.39, 0.29) is 12.1 Å². The maximum Gasteiger partial charge on any atom is 0.231 e. The molecule has 5 nitrogen and oxygen atoms in total. The first-order chi connectivity index (χ1) is 9.86. The minimum Gasteiger partial charge on any atom is -0.454 e. The molecule has 2 aliphatic heterocycles. The van der Waals surface area contributed by atoms with Crippen LogP contribution in [0.5, 0.6) is 11.5 Å². The van der Waals surface area contributed by atoms with Crippen molar-refractivity contribution in [2.24, 2.45) is 0 Å². The van der Waals surface area contributed by atoms with Crippen LogP contribution >= 0.6 is 0 Å². The quantitative estimate of drug-likeness (QED) is 0.861. The SMILES string of the molecule is CCNC(COC1CCOC1)c1ccc2c(c1)OCO2. The van der Waals surface area contributed by atoms with Gasteiger partial charge in [-0.1, -0.05) is 13.0 Å². The Morgan fingerprint density at radius 1 is 1.35 bits per heavy atom. The smallest absolute Gasteiger partial charge is 0.231 e. The Bertz CT molecular complexity index is 445. The fourth-order valence-electron chi connectivity index (χ4n) is 2.53. The maximum atomic E-state index is 5.93. The molecule has 1 fully saturated rings. The molecule has 0 aliphatic carbocycles. The summed E-state index contributed by atoms with van der Waals surface area (Å²) in [5, 5.41) is 3.45. The summed E-state index contributed by atoms with van der Waals surface area (Å²) in [5.74, 6) is 1.63. The summed E-state index contributed by atoms with van der Waals surface area (Å²) in [5.41, 5.74) is 1.16. The van der Waals surface area contributed by atoms with Crippen molar-refractivity contribution in [1.29, 1.82) is 0 Å². The molecule has 0 aromatic heterocycles. The lowest BCUT2D eigenvalue weighted by atomic mass is 10.1. The van der Waals surface area contributed by atoms with Crippen LogP contribution in [0.1, 0.15) is 24.9 Å². The molecule has 0 saturated carbocycles. The van der Waals surface area contributed by atoms with Crippen molar-refractivity contribution >= 4 is 0 Å². The summed E-state index contributed by atoms with van der Waals surface area (Å²) >= 11 is 0. The van der Waals surface area contributed by atoms with Crippen molar-refractivity contribution in [3.63, 3.8) is 0 Å². The van der Waals surface area contributed by atoms with Gasteiger partial charge < -0.3 is 24.3 Å². The van der Waals surface area contributed by atoms with Gasteiger partial charge in [0.15, 0.2) is 11.5 Å². The zero-order chi connectivity index (χ0) is 13.8. The average Bonchev–Trinajstić information content (AvgIpc) is 3.13. The van der Waals surface area contributed by atoms with Crippen LogP contribution in [0.25, 0.3) is 0 Å². The van der Waals surface area contributed by atoms with Gasteiger partial charge in [0, 0.05) is 6.61 Å². The first-order valence-electron chi connectivity index (χ1n) is 7.19. The van der Waals surface area contributed by atoms with Gasteiger partial charge in [-0.2, -0.15) is 0 Å². The Labute approximate surface area is 119 Å². The van der Waals surface area contributed by atoms with Crippen molar-refractivity contribution in [3.05, 3.63) is 23.8 Å². The number of rotatable bonds is 6. The normalized spacial score (nSPS) is 22.1. The van der Waals surface area contributed by atoms with Crippen LogP contribution in [0.15, 0.2) is 18.2 Å². The highest BCUT2D eigenvalue weighted by Gasteiger charge is 2.21. The molecule has 5 heteroatoms. The fraction of sp³-hybridized carbons (Fsp3) is 0.600. The number of ether oxygens (including phenoxy) is 4. The van der Waals surface area contributed by atoms with Crippen molar-refractivity contribution < 1.29 is 18.9 Å². The first-order valence-corrected chi connectivity index (χ1v) is 7.19. The Balaban J connectivity index is 1.65. The van der Waals surface area contributed by atoms with Gasteiger partial charge in [-0.05, 0) is 30.7 Å². The van der Waals surface area contributed by atoms with Gasteiger partial charge in [0.05, 0.1) is 25.4 Å². The average molecular weight is 279 g/mol. The van der Waals surface area contributed by atoms with Gasteiger partial charge in [0.25, 0.3) is 0 Å². The van der Waals surface area contributed by atoms with E-state index in [4.69, 9.17) is 18.9 Å². The molecule has 0 radical (unpaired) electrons. The molecule has 0 spiro atoms. The summed E-state index contributed by atoms with van der Waals surface area (Å²) in [6.07, 6.45) is 1.21. The number of fused-ring (bicyclic) bond motifs is 1. The molecule has 3 rings (SSSR count). The van der Waals surface area contributed by atoms with E-state index in [0.29, 0.717) is 20.0 Å². The van der Waals surface area contributed by atoms with Crippen molar-refractivity contribution in [1.82, 2.24) is 5.32 Å². The zero-order valence-electron chi connectivity index (χ0n) is 11.8. The Kier molecular flexibility index (Phi) is 4.40. The van der Waals surface area contributed by atoms with Crippen LogP contribution in [0, 0.1) is 0 Å². The van der Waals surface area contributed by atoms with Gasteiger partial charge in [0.1, 0.15) is 0 Å². The van der Waals surface area contributed by atoms with Crippen LogP contribution in [0.3, 0.4) is 0 Å². The summed E-state index contributed by atoms with van der Waals surface area (Å²) < 4.78 is 22.0. The maximum absolute atomic E-state index is 5.93. The van der Waals surface area contributed by atoms with E-state index in [2.05, 4.69) is 18.3 Å². The summed E-state index contributed by atoms with van der Waals surface area (Å²) in [7, 11) is 0. The van der Waals surface area contributed by atoms with Crippen LogP contribution in [0.2, 0.25) is 0 Å². The fourth-order valence-corrected chi connectivity index (χ4v) is 2.53. The van der Waals surface area contributed by atoms with Gasteiger partial charge >= 0.3 is 0 Å². The van der Waals surface area contributed by atoms with E-state index in [0.717, 1.165) is 36.6 Å². The summed E-state index contributed by atoms with van der Waals surface area (Å²) in [6.45, 7) is 5.45. The molecule has 1 saturated heterocycles. The molecule has 0 bridgehead atoms. The van der Waals surface area contributed by atoms with E-state index < -0.39 is 0 Å². The van der Waals surface area contributed by atoms with Crippen LogP contribution in [0.4, 0.5) is 0 Å². The molecule has 1 aromatic rings. The number of benzene rings is 1. The number of likely N-dealkylation sites (N-methyl/N-ethyl adjacent to an activating group) is 1. The molecule has 20 heavy (non-hydrogen) atoms. The van der Waals surface area contributed by atoms with E-state index in [1.807, 2.05) is 12.1 Å². The molecule has 1 N–H and O–H groups in total. The second-order valence-electron chi connectivity index (χ2n) is 5.04. The third-order valence-electron chi connectivity index (χ3n) is 3.64. The highest BCUT2D eigenvalue weighted by Crippen LogP contribution is 2.34. The molecule has 2 heterocycles. The third-order valence-corrected chi connectivity index (χ3v) is 3.64. The summed E-state index contributed by atoms with van der Waals surface area (Å²) in [6, 6.07) is 6.22. The van der Waals surface area contributed by atoms with E-state index in [1.54, 1.807) is 0 Å². The second kappa shape index (κ2) is 6.43. The van der Waals surface area contributed by atoms with Crippen molar-refractivity contribution in [2.75, 3.05) is 33.2 Å². The predicted molar refractivity (Wildman–Crippen MR) is 74.2 cm³/mol. The molecule has 2 atom stereocenters. The predicted octanol–water partition coefficient (Wildman–Crippen LogP) is 1.87. The molecule has 2 aliphatic rings. The third kappa shape index (κ3) is 3.06. The van der Waals surface area contributed by atoms with E-state index in [1.165, 1.54) is 0 Å². The van der Waals surface area contributed by atoms with Gasteiger partial charge in [0.2, 0.25) is 6.79 Å². The van der Waals surface area contributed by atoms with Crippen molar-refractivity contribution in [3.8, 4) is 11.5 Å². The molecular formula is C15H21NO4. The standard InChI is InChI=1S/C15H21NO4/c1-2-16-13(9-18-12-5-6-17-8-12)11-3-4-14-15(7-11)20-10-19-14/h3-4,7,12-13,16H,2,5-6,8-10H2,1H3. The largest absolute Gasteiger partial charge is 0.454 e. The Hall–Kier alpha value is -1.30. The molecule has 110 valence electrons. The second-order valence-corrected chi connectivity index (χ2v) is 5.04. The number of hydrogen-bond acceptors (Lipinski definition) is 5. The van der Waals surface area contributed by atoms with Crippen LogP contribution in [-0.4, -0.2) is 39.3 Å².